The molecule has 5 aromatic rings. The number of amides is 2. The highest BCUT2D eigenvalue weighted by Gasteiger charge is 2.51. The molecule has 0 bridgehead atoms. The largest absolute Gasteiger partial charge is 0.350 e. The van der Waals surface area contributed by atoms with Gasteiger partial charge >= 0.3 is 0 Å². The van der Waals surface area contributed by atoms with Crippen LogP contribution in [-0.4, -0.2) is 37.0 Å². The number of nitrogens with zero attached hydrogens (tertiary/aromatic N) is 4. The average Bonchev–Trinajstić information content (AvgIpc) is 3.51. The molecule has 1 aliphatic rings. The van der Waals surface area contributed by atoms with Crippen LogP contribution in [0.25, 0.3) is 28.1 Å². The highest BCUT2D eigenvalue weighted by molar-refractivity contribution is 6.38. The van der Waals surface area contributed by atoms with Gasteiger partial charge in [-0.1, -0.05) is 41.0 Å². The Balaban J connectivity index is 1.23. The third kappa shape index (κ3) is 4.58. The predicted octanol–water partition coefficient (Wildman–Crippen LogP) is 4.89. The molecule has 0 atom stereocenters. The second-order valence-electron chi connectivity index (χ2n) is 9.51. The van der Waals surface area contributed by atoms with Crippen LogP contribution >= 0.6 is 11.6 Å². The molecular weight excluding hydrogens is 542 g/mol. The van der Waals surface area contributed by atoms with Crippen molar-refractivity contribution >= 4 is 34.3 Å². The van der Waals surface area contributed by atoms with Crippen molar-refractivity contribution in [3.05, 3.63) is 94.6 Å². The van der Waals surface area contributed by atoms with E-state index in [0.717, 1.165) is 17.0 Å². The number of carbonyl (C=O) groups is 2. The van der Waals surface area contributed by atoms with Crippen LogP contribution in [0.2, 0.25) is 5.02 Å². The first kappa shape index (κ1) is 25.6. The van der Waals surface area contributed by atoms with Crippen molar-refractivity contribution in [2.75, 3.05) is 0 Å². The fourth-order valence-corrected chi connectivity index (χ4v) is 4.92. The molecule has 3 heterocycles. The molecule has 0 spiro atoms. The number of hydrogen-bond donors (Lipinski definition) is 2. The lowest BCUT2D eigenvalue weighted by Crippen LogP contribution is -2.48. The van der Waals surface area contributed by atoms with Crippen LogP contribution in [0.15, 0.2) is 65.3 Å². The molecule has 6 rings (SSSR count). The van der Waals surface area contributed by atoms with E-state index in [1.165, 1.54) is 18.3 Å². The number of nitrogens with one attached hydrogen (secondary N) is 2. The number of rotatable bonds is 7. The van der Waals surface area contributed by atoms with E-state index in [0.29, 0.717) is 35.1 Å². The van der Waals surface area contributed by atoms with Crippen molar-refractivity contribution in [1.29, 1.82) is 0 Å². The summed E-state index contributed by atoms with van der Waals surface area (Å²) in [5.74, 6) is -1.76. The molecular formula is C28H21ClF2N6O3. The number of carbonyl (C=O) groups excluding carboxylic acids is 2. The summed E-state index contributed by atoms with van der Waals surface area (Å²) in [7, 11) is 0. The smallest absolute Gasteiger partial charge is 0.252 e. The van der Waals surface area contributed by atoms with Crippen LogP contribution in [0, 0.1) is 18.7 Å². The highest BCUT2D eigenvalue weighted by atomic mass is 35.5. The second kappa shape index (κ2) is 9.83. The number of benzene rings is 2. The van der Waals surface area contributed by atoms with E-state index in [1.54, 1.807) is 23.6 Å². The van der Waals surface area contributed by atoms with Gasteiger partial charge in [0.05, 0.1) is 10.5 Å². The molecule has 2 amide bonds. The maximum atomic E-state index is 15.4. The minimum atomic E-state index is -1.12. The number of fused-ring (bicyclic) bond motifs is 1. The van der Waals surface area contributed by atoms with Crippen LogP contribution < -0.4 is 10.6 Å². The first-order chi connectivity index (χ1) is 19.3. The Morgan fingerprint density at radius 1 is 1.12 bits per heavy atom. The topological polar surface area (TPSA) is 115 Å². The molecule has 1 saturated carbocycles. The Morgan fingerprint density at radius 2 is 1.93 bits per heavy atom. The average molecular weight is 563 g/mol. The number of hydrogen-bond acceptors (Lipinski definition) is 6. The summed E-state index contributed by atoms with van der Waals surface area (Å²) in [6, 6.07) is 14.4. The lowest BCUT2D eigenvalue weighted by Gasteiger charge is -2.18. The maximum absolute atomic E-state index is 15.4. The Hall–Kier alpha value is -4.64. The molecule has 0 aliphatic heterocycles. The standard InChI is InChI=1S/C28H21ClF2N6O3/c1-15-34-25(36-40-15)24-23(29)19-4-2-3-5-21(19)37(24)18-7-6-17(20(30)13-18)14-33-27(39)28(9-10-28)35-26(38)16-8-11-32-22(31)12-16/h2-8,11-13H,9-10,14H2,1H3,(H,33,39)(H,35,38). The van der Waals surface area contributed by atoms with E-state index >= 15 is 4.39 Å². The Morgan fingerprint density at radius 3 is 2.62 bits per heavy atom. The summed E-state index contributed by atoms with van der Waals surface area (Å²) in [4.78, 5) is 33.2. The van der Waals surface area contributed by atoms with E-state index in [1.807, 2.05) is 24.3 Å². The molecule has 2 aromatic carbocycles. The SMILES string of the molecule is Cc1nc(-c2c(Cl)c3ccccc3n2-c2ccc(CNC(=O)C3(NC(=O)c4ccnc(F)c4)CC3)c(F)c2)no1. The first-order valence-electron chi connectivity index (χ1n) is 12.4. The van der Waals surface area contributed by atoms with Crippen molar-refractivity contribution in [2.45, 2.75) is 31.8 Å². The normalized spacial score (nSPS) is 13.8. The zero-order valence-electron chi connectivity index (χ0n) is 21.0. The molecule has 2 N–H and O–H groups in total. The molecule has 40 heavy (non-hydrogen) atoms. The van der Waals surface area contributed by atoms with Gasteiger partial charge in [-0.05, 0) is 37.1 Å². The van der Waals surface area contributed by atoms with Gasteiger partial charge in [-0.2, -0.15) is 9.37 Å². The van der Waals surface area contributed by atoms with Crippen LogP contribution in [-0.2, 0) is 11.3 Å². The number of aryl methyl sites for hydroxylation is 1. The van der Waals surface area contributed by atoms with E-state index in [2.05, 4.69) is 25.8 Å². The van der Waals surface area contributed by atoms with E-state index < -0.39 is 29.1 Å². The van der Waals surface area contributed by atoms with Crippen molar-refractivity contribution in [2.24, 2.45) is 0 Å². The quantitative estimate of drug-likeness (QED) is 0.273. The summed E-state index contributed by atoms with van der Waals surface area (Å²) in [5, 5.41) is 10.5. The lowest BCUT2D eigenvalue weighted by atomic mass is 10.1. The Bertz CT molecular complexity index is 1800. The highest BCUT2D eigenvalue weighted by Crippen LogP contribution is 2.39. The van der Waals surface area contributed by atoms with Gasteiger partial charge in [-0.15, -0.1) is 0 Å². The Labute approximate surface area is 231 Å². The van der Waals surface area contributed by atoms with Gasteiger partial charge in [0.15, 0.2) is 0 Å². The van der Waals surface area contributed by atoms with E-state index in [4.69, 9.17) is 16.1 Å². The van der Waals surface area contributed by atoms with Gasteiger partial charge in [-0.25, -0.2) is 9.37 Å². The summed E-state index contributed by atoms with van der Waals surface area (Å²) in [6.45, 7) is 1.56. The molecule has 3 aromatic heterocycles. The van der Waals surface area contributed by atoms with Gasteiger partial charge in [-0.3, -0.25) is 9.59 Å². The van der Waals surface area contributed by atoms with Crippen LogP contribution in [0.4, 0.5) is 8.78 Å². The van der Waals surface area contributed by atoms with E-state index in [-0.39, 0.29) is 23.5 Å². The summed E-state index contributed by atoms with van der Waals surface area (Å²) >= 11 is 6.71. The van der Waals surface area contributed by atoms with E-state index in [9.17, 15) is 14.0 Å². The van der Waals surface area contributed by atoms with Crippen molar-refractivity contribution < 1.29 is 22.9 Å². The monoisotopic (exact) mass is 562 g/mol. The van der Waals surface area contributed by atoms with Crippen molar-refractivity contribution in [1.82, 2.24) is 30.3 Å². The third-order valence-electron chi connectivity index (χ3n) is 6.81. The van der Waals surface area contributed by atoms with Gasteiger partial charge in [0.25, 0.3) is 5.91 Å². The summed E-state index contributed by atoms with van der Waals surface area (Å²) < 4.78 is 35.6. The second-order valence-corrected chi connectivity index (χ2v) is 9.89. The zero-order chi connectivity index (χ0) is 28.0. The summed E-state index contributed by atoms with van der Waals surface area (Å²) in [6.07, 6.45) is 2.01. The number of pyridine rings is 1. The van der Waals surface area contributed by atoms with Crippen molar-refractivity contribution in [3.63, 3.8) is 0 Å². The molecule has 0 radical (unpaired) electrons. The van der Waals surface area contributed by atoms with Gasteiger partial charge in [0, 0.05) is 47.9 Å². The molecule has 0 saturated heterocycles. The summed E-state index contributed by atoms with van der Waals surface area (Å²) in [5.41, 5.74) is 0.845. The zero-order valence-corrected chi connectivity index (χ0v) is 21.8. The maximum Gasteiger partial charge on any atom is 0.252 e. The molecule has 1 fully saturated rings. The molecule has 202 valence electrons. The number of aromatic nitrogens is 4. The van der Waals surface area contributed by atoms with Gasteiger partial charge in [0.1, 0.15) is 17.1 Å². The lowest BCUT2D eigenvalue weighted by molar-refractivity contribution is -0.124. The fourth-order valence-electron chi connectivity index (χ4n) is 4.59. The van der Waals surface area contributed by atoms with Crippen LogP contribution in [0.5, 0.6) is 0 Å². The molecule has 9 nitrogen and oxygen atoms in total. The Kier molecular flexibility index (Phi) is 6.30. The number of para-hydroxylation sites is 1. The molecule has 12 heteroatoms. The van der Waals surface area contributed by atoms with Gasteiger partial charge < -0.3 is 19.7 Å². The first-order valence-corrected chi connectivity index (χ1v) is 12.7. The fraction of sp³-hybridized carbons (Fsp3) is 0.179. The van der Waals surface area contributed by atoms with Crippen molar-refractivity contribution in [3.8, 4) is 17.2 Å². The predicted molar refractivity (Wildman–Crippen MR) is 142 cm³/mol. The minimum Gasteiger partial charge on any atom is -0.350 e. The number of halogens is 3. The van der Waals surface area contributed by atoms with Crippen LogP contribution in [0.1, 0.15) is 34.7 Å². The minimum absolute atomic E-state index is 0.0567. The third-order valence-corrected chi connectivity index (χ3v) is 7.20. The van der Waals surface area contributed by atoms with Crippen LogP contribution in [0.3, 0.4) is 0 Å². The molecule has 1 aliphatic carbocycles. The van der Waals surface area contributed by atoms with Gasteiger partial charge in [0.2, 0.25) is 23.6 Å². The molecule has 0 unspecified atom stereocenters.